The number of rotatable bonds is 3. The summed E-state index contributed by atoms with van der Waals surface area (Å²) in [5, 5.41) is 13.2. The molecule has 0 fully saturated rings. The van der Waals surface area contributed by atoms with E-state index >= 15 is 0 Å². The maximum absolute atomic E-state index is 11.2. The Hall–Kier alpha value is -2.41. The van der Waals surface area contributed by atoms with E-state index < -0.39 is 5.97 Å². The lowest BCUT2D eigenvalue weighted by Crippen LogP contribution is -2.01. The number of aromatic carboxylic acids is 1. The number of carbonyl (C=O) groups is 1. The van der Waals surface area contributed by atoms with Crippen LogP contribution in [0.5, 0.6) is 11.6 Å². The molecule has 0 aliphatic heterocycles. The molecule has 0 aliphatic carbocycles. The van der Waals surface area contributed by atoms with E-state index in [-0.39, 0.29) is 11.3 Å². The average molecular weight is 334 g/mol. The number of fused-ring (bicyclic) bond motifs is 1. The van der Waals surface area contributed by atoms with Crippen LogP contribution in [0.1, 0.15) is 10.4 Å². The first-order chi connectivity index (χ1) is 9.63. The lowest BCUT2D eigenvalue weighted by Gasteiger charge is -2.08. The molecule has 2 aromatic heterocycles. The van der Waals surface area contributed by atoms with Crippen molar-refractivity contribution in [3.8, 4) is 11.6 Å². The van der Waals surface area contributed by atoms with E-state index in [1.165, 1.54) is 6.07 Å². The van der Waals surface area contributed by atoms with Crippen molar-refractivity contribution in [2.75, 3.05) is 0 Å². The second-order valence-corrected chi connectivity index (χ2v) is 4.86. The van der Waals surface area contributed by atoms with E-state index in [1.54, 1.807) is 41.2 Å². The molecule has 7 heteroatoms. The normalized spacial score (nSPS) is 10.7. The van der Waals surface area contributed by atoms with Crippen LogP contribution >= 0.6 is 15.9 Å². The Morgan fingerprint density at radius 3 is 2.95 bits per heavy atom. The van der Waals surface area contributed by atoms with Crippen LogP contribution in [-0.2, 0) is 0 Å². The second kappa shape index (κ2) is 4.93. The largest absolute Gasteiger partial charge is 0.478 e. The number of carboxylic acid groups (broad SMARTS) is 1. The molecule has 6 nitrogen and oxygen atoms in total. The summed E-state index contributed by atoms with van der Waals surface area (Å²) >= 11 is 3.28. The molecule has 0 aliphatic rings. The van der Waals surface area contributed by atoms with E-state index in [2.05, 4.69) is 26.0 Å². The van der Waals surface area contributed by atoms with Crippen molar-refractivity contribution in [2.45, 2.75) is 0 Å². The minimum absolute atomic E-state index is 0.0726. The van der Waals surface area contributed by atoms with Gasteiger partial charge in [0, 0.05) is 22.8 Å². The molecule has 0 spiro atoms. The highest BCUT2D eigenvalue weighted by Gasteiger charge is 2.13. The molecule has 0 saturated heterocycles. The Kier molecular flexibility index (Phi) is 3.11. The predicted molar refractivity (Wildman–Crippen MR) is 74.2 cm³/mol. The van der Waals surface area contributed by atoms with E-state index in [0.717, 1.165) is 4.47 Å². The summed E-state index contributed by atoms with van der Waals surface area (Å²) in [6.45, 7) is 0. The number of hydrogen-bond donors (Lipinski definition) is 1. The monoisotopic (exact) mass is 333 g/mol. The van der Waals surface area contributed by atoms with Gasteiger partial charge in [-0.3, -0.25) is 0 Å². The minimum atomic E-state index is -1.06. The summed E-state index contributed by atoms with van der Waals surface area (Å²) in [6, 6.07) is 8.05. The van der Waals surface area contributed by atoms with Gasteiger partial charge in [-0.05, 0) is 18.2 Å². The van der Waals surface area contributed by atoms with Crippen molar-refractivity contribution < 1.29 is 14.6 Å². The predicted octanol–water partition coefficient (Wildman–Crippen LogP) is 2.98. The van der Waals surface area contributed by atoms with Crippen molar-refractivity contribution >= 4 is 27.5 Å². The van der Waals surface area contributed by atoms with Gasteiger partial charge in [0.05, 0.1) is 6.20 Å². The lowest BCUT2D eigenvalue weighted by molar-refractivity contribution is 0.0694. The quantitative estimate of drug-likeness (QED) is 0.797. The smallest absolute Gasteiger partial charge is 0.339 e. The Bertz CT molecular complexity index is 800. The van der Waals surface area contributed by atoms with Crippen LogP contribution in [0.3, 0.4) is 0 Å². The molecular weight excluding hydrogens is 326 g/mol. The first kappa shape index (κ1) is 12.6. The standard InChI is InChI=1S/C13H8BrN3O3/c14-8-1-2-9(13(18)19)10(7-8)20-12-4-6-17-11(16-12)3-5-15-17/h1-7H,(H,18,19). The molecular formula is C13H8BrN3O3. The number of halogens is 1. The SMILES string of the molecule is O=C(O)c1ccc(Br)cc1Oc1ccn2nccc2n1. The van der Waals surface area contributed by atoms with Gasteiger partial charge in [0.1, 0.15) is 11.3 Å². The van der Waals surface area contributed by atoms with Gasteiger partial charge in [-0.2, -0.15) is 10.1 Å². The van der Waals surface area contributed by atoms with Crippen molar-refractivity contribution in [3.05, 3.63) is 52.8 Å². The molecule has 1 aromatic carbocycles. The topological polar surface area (TPSA) is 76.7 Å². The highest BCUT2D eigenvalue weighted by atomic mass is 79.9. The first-order valence-corrected chi connectivity index (χ1v) is 6.44. The molecule has 2 heterocycles. The molecule has 3 aromatic rings. The molecule has 100 valence electrons. The number of hydrogen-bond acceptors (Lipinski definition) is 4. The van der Waals surface area contributed by atoms with Crippen LogP contribution in [0.25, 0.3) is 5.65 Å². The van der Waals surface area contributed by atoms with E-state index in [4.69, 9.17) is 9.84 Å². The number of nitrogens with zero attached hydrogens (tertiary/aromatic N) is 3. The number of aromatic nitrogens is 3. The molecule has 0 bridgehead atoms. The Morgan fingerprint density at radius 2 is 2.15 bits per heavy atom. The molecule has 0 amide bonds. The summed E-state index contributed by atoms with van der Waals surface area (Å²) in [5.74, 6) is -0.528. The fraction of sp³-hybridized carbons (Fsp3) is 0. The van der Waals surface area contributed by atoms with Gasteiger partial charge in [0.2, 0.25) is 5.88 Å². The van der Waals surface area contributed by atoms with Crippen molar-refractivity contribution in [2.24, 2.45) is 0 Å². The van der Waals surface area contributed by atoms with E-state index in [1.807, 2.05) is 0 Å². The number of benzene rings is 1. The molecule has 20 heavy (non-hydrogen) atoms. The summed E-state index contributed by atoms with van der Waals surface area (Å²) in [5.41, 5.74) is 0.692. The molecule has 0 unspecified atom stereocenters. The zero-order valence-corrected chi connectivity index (χ0v) is 11.6. The Balaban J connectivity index is 2.01. The van der Waals surface area contributed by atoms with Crippen LogP contribution in [0.15, 0.2) is 47.2 Å². The van der Waals surface area contributed by atoms with Crippen LogP contribution in [0, 0.1) is 0 Å². The minimum Gasteiger partial charge on any atom is -0.478 e. The Labute approximate surface area is 121 Å². The average Bonchev–Trinajstić information content (AvgIpc) is 2.85. The second-order valence-electron chi connectivity index (χ2n) is 3.95. The van der Waals surface area contributed by atoms with Gasteiger partial charge in [-0.25, -0.2) is 9.31 Å². The molecule has 3 rings (SSSR count). The summed E-state index contributed by atoms with van der Waals surface area (Å²) in [6.07, 6.45) is 3.31. The van der Waals surface area contributed by atoms with Gasteiger partial charge in [0.15, 0.2) is 5.65 Å². The third-order valence-electron chi connectivity index (χ3n) is 2.62. The summed E-state index contributed by atoms with van der Waals surface area (Å²) in [4.78, 5) is 15.4. The van der Waals surface area contributed by atoms with Crippen LogP contribution in [0.2, 0.25) is 0 Å². The molecule has 1 N–H and O–H groups in total. The van der Waals surface area contributed by atoms with Crippen molar-refractivity contribution in [3.63, 3.8) is 0 Å². The van der Waals surface area contributed by atoms with Crippen molar-refractivity contribution in [1.29, 1.82) is 0 Å². The first-order valence-electron chi connectivity index (χ1n) is 5.64. The van der Waals surface area contributed by atoms with Crippen LogP contribution in [0.4, 0.5) is 0 Å². The van der Waals surface area contributed by atoms with E-state index in [0.29, 0.717) is 11.5 Å². The highest BCUT2D eigenvalue weighted by molar-refractivity contribution is 9.10. The summed E-state index contributed by atoms with van der Waals surface area (Å²) in [7, 11) is 0. The van der Waals surface area contributed by atoms with Gasteiger partial charge in [0.25, 0.3) is 0 Å². The van der Waals surface area contributed by atoms with Gasteiger partial charge in [-0.1, -0.05) is 15.9 Å². The number of carboxylic acids is 1. The molecule has 0 radical (unpaired) electrons. The van der Waals surface area contributed by atoms with Gasteiger partial charge < -0.3 is 9.84 Å². The maximum Gasteiger partial charge on any atom is 0.339 e. The third-order valence-corrected chi connectivity index (χ3v) is 3.11. The zero-order valence-electron chi connectivity index (χ0n) is 10.0. The molecule has 0 atom stereocenters. The van der Waals surface area contributed by atoms with Crippen LogP contribution in [-0.4, -0.2) is 25.7 Å². The van der Waals surface area contributed by atoms with E-state index in [9.17, 15) is 4.79 Å². The van der Waals surface area contributed by atoms with Gasteiger partial charge >= 0.3 is 5.97 Å². The third kappa shape index (κ3) is 2.35. The highest BCUT2D eigenvalue weighted by Crippen LogP contribution is 2.28. The maximum atomic E-state index is 11.2. The van der Waals surface area contributed by atoms with Crippen LogP contribution < -0.4 is 4.74 Å². The lowest BCUT2D eigenvalue weighted by atomic mass is 10.2. The van der Waals surface area contributed by atoms with Gasteiger partial charge in [-0.15, -0.1) is 0 Å². The Morgan fingerprint density at radius 1 is 1.30 bits per heavy atom. The van der Waals surface area contributed by atoms with Crippen molar-refractivity contribution in [1.82, 2.24) is 14.6 Å². The molecule has 0 saturated carbocycles. The fourth-order valence-electron chi connectivity index (χ4n) is 1.72. The zero-order chi connectivity index (χ0) is 14.1. The fourth-order valence-corrected chi connectivity index (χ4v) is 2.06. The number of ether oxygens (including phenoxy) is 1. The summed E-state index contributed by atoms with van der Waals surface area (Å²) < 4.78 is 7.88.